The van der Waals surface area contributed by atoms with Crippen molar-refractivity contribution in [1.82, 2.24) is 4.40 Å². The number of aromatic nitrogens is 1. The smallest absolute Gasteiger partial charge is 0.355 e. The number of carbonyl (C=O) groups excluding carboxylic acids is 1. The molecule has 84 valence electrons. The molecule has 0 unspecified atom stereocenters. The van der Waals surface area contributed by atoms with E-state index in [1.54, 1.807) is 29.7 Å². The van der Waals surface area contributed by atoms with Gasteiger partial charge >= 0.3 is 5.97 Å². The van der Waals surface area contributed by atoms with Crippen LogP contribution in [0.15, 0.2) is 18.3 Å². The number of pyridine rings is 1. The standard InChI is InChI=1S/C11H13N3O2/c1-6-9(13)8-5-7(12)3-4-14(8)10(6)11(15)16-2/h3-5H,12-13H2,1-2H3. The lowest BCUT2D eigenvalue weighted by atomic mass is 10.2. The fraction of sp³-hybridized carbons (Fsp3) is 0.182. The van der Waals surface area contributed by atoms with E-state index >= 15 is 0 Å². The number of ether oxygens (including phenoxy) is 1. The molecule has 2 heterocycles. The van der Waals surface area contributed by atoms with E-state index < -0.39 is 5.97 Å². The SMILES string of the molecule is COC(=O)c1c(C)c(N)c2cc(N)ccn12. The van der Waals surface area contributed by atoms with Gasteiger partial charge in [0.25, 0.3) is 0 Å². The molecular weight excluding hydrogens is 206 g/mol. The summed E-state index contributed by atoms with van der Waals surface area (Å²) in [6, 6.07) is 3.44. The summed E-state index contributed by atoms with van der Waals surface area (Å²) in [6.07, 6.45) is 1.71. The number of hydrogen-bond acceptors (Lipinski definition) is 4. The predicted octanol–water partition coefficient (Wildman–Crippen LogP) is 1.20. The molecule has 0 spiro atoms. The lowest BCUT2D eigenvalue weighted by Crippen LogP contribution is -2.07. The Bertz CT molecular complexity index is 572. The van der Waals surface area contributed by atoms with Gasteiger partial charge in [-0.05, 0) is 19.1 Å². The molecule has 0 bridgehead atoms. The van der Waals surface area contributed by atoms with Gasteiger partial charge in [-0.25, -0.2) is 4.79 Å². The van der Waals surface area contributed by atoms with E-state index in [1.807, 2.05) is 0 Å². The van der Waals surface area contributed by atoms with E-state index in [2.05, 4.69) is 0 Å². The number of esters is 1. The van der Waals surface area contributed by atoms with E-state index in [0.29, 0.717) is 22.6 Å². The Labute approximate surface area is 92.6 Å². The van der Waals surface area contributed by atoms with Crippen LogP contribution < -0.4 is 11.5 Å². The van der Waals surface area contributed by atoms with Crippen molar-refractivity contribution in [3.8, 4) is 0 Å². The van der Waals surface area contributed by atoms with Crippen LogP contribution in [-0.4, -0.2) is 17.5 Å². The number of nitrogens with two attached hydrogens (primary N) is 2. The number of hydrogen-bond donors (Lipinski definition) is 2. The van der Waals surface area contributed by atoms with Crippen molar-refractivity contribution in [3.63, 3.8) is 0 Å². The predicted molar refractivity (Wildman–Crippen MR) is 62.3 cm³/mol. The molecule has 0 aromatic carbocycles. The topological polar surface area (TPSA) is 82.8 Å². The van der Waals surface area contributed by atoms with E-state index in [9.17, 15) is 4.79 Å². The van der Waals surface area contributed by atoms with Crippen LogP contribution in [0.3, 0.4) is 0 Å². The number of nitrogens with zero attached hydrogens (tertiary/aromatic N) is 1. The molecule has 2 aromatic heterocycles. The van der Waals surface area contributed by atoms with Crippen LogP contribution in [0.2, 0.25) is 0 Å². The summed E-state index contributed by atoms with van der Waals surface area (Å²) in [4.78, 5) is 11.6. The zero-order chi connectivity index (χ0) is 11.9. The third-order valence-electron chi connectivity index (χ3n) is 2.63. The number of anilines is 2. The second kappa shape index (κ2) is 3.44. The zero-order valence-electron chi connectivity index (χ0n) is 9.15. The fourth-order valence-electron chi connectivity index (χ4n) is 1.77. The Morgan fingerprint density at radius 1 is 1.44 bits per heavy atom. The van der Waals surface area contributed by atoms with Crippen molar-refractivity contribution in [2.75, 3.05) is 18.6 Å². The highest BCUT2D eigenvalue weighted by Gasteiger charge is 2.19. The van der Waals surface area contributed by atoms with Gasteiger partial charge in [-0.2, -0.15) is 0 Å². The molecule has 5 nitrogen and oxygen atoms in total. The Hall–Kier alpha value is -2.17. The van der Waals surface area contributed by atoms with Gasteiger partial charge in [0.15, 0.2) is 0 Å². The Balaban J connectivity index is 2.84. The van der Waals surface area contributed by atoms with Crippen LogP contribution in [0, 0.1) is 6.92 Å². The van der Waals surface area contributed by atoms with Crippen LogP contribution in [0.4, 0.5) is 11.4 Å². The summed E-state index contributed by atoms with van der Waals surface area (Å²) < 4.78 is 6.41. The van der Waals surface area contributed by atoms with E-state index in [0.717, 1.165) is 5.52 Å². The molecule has 0 saturated carbocycles. The first-order chi connectivity index (χ1) is 7.56. The molecule has 0 radical (unpaired) electrons. The molecule has 0 aliphatic rings. The summed E-state index contributed by atoms with van der Waals surface area (Å²) in [5.41, 5.74) is 14.6. The molecular formula is C11H13N3O2. The van der Waals surface area contributed by atoms with Gasteiger partial charge in [0.05, 0.1) is 18.3 Å². The van der Waals surface area contributed by atoms with Crippen molar-refractivity contribution >= 4 is 22.9 Å². The summed E-state index contributed by atoms with van der Waals surface area (Å²) in [6.45, 7) is 1.78. The maximum absolute atomic E-state index is 11.6. The number of carbonyl (C=O) groups is 1. The molecule has 2 rings (SSSR count). The van der Waals surface area contributed by atoms with Gasteiger partial charge in [0.1, 0.15) is 5.69 Å². The molecule has 5 heteroatoms. The first-order valence-corrected chi connectivity index (χ1v) is 4.80. The molecule has 0 atom stereocenters. The Morgan fingerprint density at radius 3 is 2.75 bits per heavy atom. The molecule has 16 heavy (non-hydrogen) atoms. The average Bonchev–Trinajstić information content (AvgIpc) is 2.52. The summed E-state index contributed by atoms with van der Waals surface area (Å²) in [5.74, 6) is -0.408. The highest BCUT2D eigenvalue weighted by atomic mass is 16.5. The molecule has 0 fully saturated rings. The van der Waals surface area contributed by atoms with E-state index in [1.165, 1.54) is 7.11 Å². The molecule has 0 amide bonds. The lowest BCUT2D eigenvalue weighted by Gasteiger charge is -2.02. The van der Waals surface area contributed by atoms with Gasteiger partial charge < -0.3 is 20.6 Å². The van der Waals surface area contributed by atoms with Gasteiger partial charge in [0.2, 0.25) is 0 Å². The number of fused-ring (bicyclic) bond motifs is 1. The normalized spacial score (nSPS) is 10.6. The third-order valence-corrected chi connectivity index (χ3v) is 2.63. The molecule has 4 N–H and O–H groups in total. The van der Waals surface area contributed by atoms with E-state index in [4.69, 9.17) is 16.2 Å². The second-order valence-corrected chi connectivity index (χ2v) is 3.59. The number of nitrogen functional groups attached to an aromatic ring is 2. The maximum Gasteiger partial charge on any atom is 0.355 e. The van der Waals surface area contributed by atoms with Gasteiger partial charge in [-0.15, -0.1) is 0 Å². The van der Waals surface area contributed by atoms with Crippen LogP contribution >= 0.6 is 0 Å². The Morgan fingerprint density at radius 2 is 2.12 bits per heavy atom. The minimum absolute atomic E-state index is 0.408. The molecule has 0 aliphatic heterocycles. The van der Waals surface area contributed by atoms with Gasteiger partial charge in [0, 0.05) is 17.4 Å². The monoisotopic (exact) mass is 219 g/mol. The van der Waals surface area contributed by atoms with Crippen molar-refractivity contribution in [2.24, 2.45) is 0 Å². The highest BCUT2D eigenvalue weighted by molar-refractivity contribution is 5.96. The largest absolute Gasteiger partial charge is 0.464 e. The first-order valence-electron chi connectivity index (χ1n) is 4.80. The van der Waals surface area contributed by atoms with Crippen LogP contribution in [0.25, 0.3) is 5.52 Å². The second-order valence-electron chi connectivity index (χ2n) is 3.59. The summed E-state index contributed by atoms with van der Waals surface area (Å²) >= 11 is 0. The van der Waals surface area contributed by atoms with Crippen molar-refractivity contribution in [1.29, 1.82) is 0 Å². The third kappa shape index (κ3) is 1.29. The quantitative estimate of drug-likeness (QED) is 0.706. The van der Waals surface area contributed by atoms with Gasteiger partial charge in [-0.1, -0.05) is 0 Å². The molecule has 0 aliphatic carbocycles. The molecule has 0 saturated heterocycles. The summed E-state index contributed by atoms with van der Waals surface area (Å²) in [7, 11) is 1.34. The van der Waals surface area contributed by atoms with Crippen molar-refractivity contribution < 1.29 is 9.53 Å². The van der Waals surface area contributed by atoms with Crippen LogP contribution in [0.5, 0.6) is 0 Å². The maximum atomic E-state index is 11.6. The highest BCUT2D eigenvalue weighted by Crippen LogP contribution is 2.27. The minimum Gasteiger partial charge on any atom is -0.464 e. The number of methoxy groups -OCH3 is 1. The summed E-state index contributed by atoms with van der Waals surface area (Å²) in [5, 5.41) is 0. The van der Waals surface area contributed by atoms with Crippen molar-refractivity contribution in [3.05, 3.63) is 29.6 Å². The molecule has 2 aromatic rings. The first kappa shape index (κ1) is 10.4. The van der Waals surface area contributed by atoms with Gasteiger partial charge in [-0.3, -0.25) is 0 Å². The minimum atomic E-state index is -0.408. The van der Waals surface area contributed by atoms with E-state index in [-0.39, 0.29) is 0 Å². The zero-order valence-corrected chi connectivity index (χ0v) is 9.15. The van der Waals surface area contributed by atoms with Crippen LogP contribution in [0.1, 0.15) is 16.1 Å². The van der Waals surface area contributed by atoms with Crippen molar-refractivity contribution in [2.45, 2.75) is 6.92 Å². The average molecular weight is 219 g/mol. The lowest BCUT2D eigenvalue weighted by molar-refractivity contribution is 0.0592. The number of rotatable bonds is 1. The Kier molecular flexibility index (Phi) is 2.23. The fourth-order valence-corrected chi connectivity index (χ4v) is 1.77. The van der Waals surface area contributed by atoms with Crippen LogP contribution in [-0.2, 0) is 4.74 Å².